The number of aromatic nitrogens is 4. The Morgan fingerprint density at radius 1 is 1.08 bits per heavy atom. The quantitative estimate of drug-likeness (QED) is 0.710. The number of H-pyrrole nitrogens is 1. The number of methoxy groups -OCH3 is 2. The fourth-order valence-electron chi connectivity index (χ4n) is 3.49. The average Bonchev–Trinajstić information content (AvgIpc) is 3.05. The fourth-order valence-corrected chi connectivity index (χ4v) is 3.49. The van der Waals surface area contributed by atoms with Crippen LogP contribution in [0.3, 0.4) is 0 Å². The Labute approximate surface area is 145 Å². The van der Waals surface area contributed by atoms with Gasteiger partial charge in [0.15, 0.2) is 23.0 Å². The van der Waals surface area contributed by atoms with E-state index in [-0.39, 0.29) is 6.04 Å². The monoisotopic (exact) mass is 339 g/mol. The number of aryl methyl sites for hydroxylation is 1. The fraction of sp³-hybridized carbons (Fsp3) is 0.389. The maximum absolute atomic E-state index is 5.50. The van der Waals surface area contributed by atoms with Gasteiger partial charge in [0.1, 0.15) is 11.8 Å². The maximum atomic E-state index is 5.50. The first-order chi connectivity index (χ1) is 12.3. The van der Waals surface area contributed by atoms with E-state index in [0.29, 0.717) is 5.65 Å². The van der Waals surface area contributed by atoms with E-state index in [1.807, 2.05) is 0 Å². The molecule has 0 bridgehead atoms. The lowest BCUT2D eigenvalue weighted by Gasteiger charge is -2.22. The molecular formula is C18H21N5O2. The van der Waals surface area contributed by atoms with Crippen molar-refractivity contribution in [3.63, 3.8) is 0 Å². The second kappa shape index (κ2) is 6.58. The third-order valence-electron chi connectivity index (χ3n) is 4.74. The molecule has 7 heteroatoms. The molecule has 0 fully saturated rings. The Kier molecular flexibility index (Phi) is 4.13. The number of nitrogens with one attached hydrogen (secondary N) is 2. The van der Waals surface area contributed by atoms with Crippen LogP contribution in [-0.4, -0.2) is 34.2 Å². The molecule has 25 heavy (non-hydrogen) atoms. The van der Waals surface area contributed by atoms with Crippen LogP contribution in [0.15, 0.2) is 24.8 Å². The molecular weight excluding hydrogens is 318 g/mol. The summed E-state index contributed by atoms with van der Waals surface area (Å²) < 4.78 is 11.0. The van der Waals surface area contributed by atoms with Crippen LogP contribution in [0.1, 0.15) is 36.4 Å². The third-order valence-corrected chi connectivity index (χ3v) is 4.74. The summed E-state index contributed by atoms with van der Waals surface area (Å²) >= 11 is 0. The van der Waals surface area contributed by atoms with Gasteiger partial charge in [-0.25, -0.2) is 15.0 Å². The summed E-state index contributed by atoms with van der Waals surface area (Å²) in [7, 11) is 3.34. The summed E-state index contributed by atoms with van der Waals surface area (Å²) in [6.45, 7) is 0. The minimum atomic E-state index is 0.152. The van der Waals surface area contributed by atoms with Gasteiger partial charge in [-0.3, -0.25) is 0 Å². The Morgan fingerprint density at radius 2 is 1.92 bits per heavy atom. The van der Waals surface area contributed by atoms with Crippen molar-refractivity contribution in [3.8, 4) is 11.5 Å². The summed E-state index contributed by atoms with van der Waals surface area (Å²) in [5, 5.41) is 3.58. The number of nitrogens with zero attached hydrogens (tertiary/aromatic N) is 3. The normalized spacial score (nSPS) is 17.0. The highest BCUT2D eigenvalue weighted by molar-refractivity contribution is 5.82. The Morgan fingerprint density at radius 3 is 2.76 bits per heavy atom. The van der Waals surface area contributed by atoms with Gasteiger partial charge in [-0.15, -0.1) is 0 Å². The second-order valence-corrected chi connectivity index (χ2v) is 6.17. The summed E-state index contributed by atoms with van der Waals surface area (Å²) in [4.78, 5) is 15.9. The summed E-state index contributed by atoms with van der Waals surface area (Å²) in [5.74, 6) is 2.30. The van der Waals surface area contributed by atoms with Gasteiger partial charge >= 0.3 is 0 Å². The number of hydrogen-bond donors (Lipinski definition) is 2. The number of aromatic amines is 1. The Balaban J connectivity index is 1.75. The van der Waals surface area contributed by atoms with Crippen molar-refractivity contribution >= 4 is 17.0 Å². The number of rotatable bonds is 4. The van der Waals surface area contributed by atoms with E-state index in [1.54, 1.807) is 20.5 Å². The number of anilines is 1. The molecule has 4 rings (SSSR count). The minimum absolute atomic E-state index is 0.152. The molecule has 0 spiro atoms. The van der Waals surface area contributed by atoms with E-state index in [9.17, 15) is 0 Å². The molecule has 0 saturated heterocycles. The van der Waals surface area contributed by atoms with Crippen LogP contribution in [0.25, 0.3) is 11.2 Å². The van der Waals surface area contributed by atoms with Crippen LogP contribution in [0.2, 0.25) is 0 Å². The van der Waals surface area contributed by atoms with Crippen molar-refractivity contribution in [1.82, 2.24) is 19.9 Å². The van der Waals surface area contributed by atoms with Gasteiger partial charge < -0.3 is 19.8 Å². The lowest BCUT2D eigenvalue weighted by Crippen LogP contribution is -2.13. The number of hydrogen-bond acceptors (Lipinski definition) is 6. The standard InChI is InChI=1S/C18H21N5O2/c1-24-14-7-11-5-3-4-6-13(12(11)8-15(14)25-2)23-18-16-17(20-9-19-16)21-10-22-18/h7-10,13H,3-6H2,1-2H3,(H2,19,20,21,22,23). The van der Waals surface area contributed by atoms with Crippen LogP contribution < -0.4 is 14.8 Å². The molecule has 1 unspecified atom stereocenters. The SMILES string of the molecule is COc1cc2c(cc1OC)C(Nc1ncnc3nc[nH]c13)CCCC2. The molecule has 7 nitrogen and oxygen atoms in total. The van der Waals surface area contributed by atoms with Crippen LogP contribution >= 0.6 is 0 Å². The molecule has 0 radical (unpaired) electrons. The van der Waals surface area contributed by atoms with E-state index >= 15 is 0 Å². The average molecular weight is 339 g/mol. The molecule has 1 aliphatic carbocycles. The number of fused-ring (bicyclic) bond motifs is 2. The zero-order chi connectivity index (χ0) is 17.2. The van der Waals surface area contributed by atoms with Crippen molar-refractivity contribution in [2.45, 2.75) is 31.7 Å². The molecule has 3 aromatic rings. The predicted molar refractivity (Wildman–Crippen MR) is 95.1 cm³/mol. The van der Waals surface area contributed by atoms with Crippen LogP contribution in [0.4, 0.5) is 5.82 Å². The molecule has 2 N–H and O–H groups in total. The molecule has 2 heterocycles. The smallest absolute Gasteiger partial charge is 0.182 e. The number of imidazole rings is 1. The van der Waals surface area contributed by atoms with E-state index in [4.69, 9.17) is 9.47 Å². The Bertz CT molecular complexity index is 892. The molecule has 0 saturated carbocycles. The highest BCUT2D eigenvalue weighted by Gasteiger charge is 2.23. The van der Waals surface area contributed by atoms with Gasteiger partial charge in [0.2, 0.25) is 0 Å². The van der Waals surface area contributed by atoms with E-state index < -0.39 is 0 Å². The van der Waals surface area contributed by atoms with Crippen molar-refractivity contribution in [2.75, 3.05) is 19.5 Å². The molecule has 0 amide bonds. The van der Waals surface area contributed by atoms with Crippen LogP contribution in [-0.2, 0) is 6.42 Å². The lowest BCUT2D eigenvalue weighted by atomic mass is 9.98. The zero-order valence-electron chi connectivity index (χ0n) is 14.4. The topological polar surface area (TPSA) is 84.9 Å². The highest BCUT2D eigenvalue weighted by Crippen LogP contribution is 2.38. The molecule has 2 aromatic heterocycles. The summed E-state index contributed by atoms with van der Waals surface area (Å²) in [5.41, 5.74) is 4.02. The van der Waals surface area contributed by atoms with Gasteiger partial charge in [0.25, 0.3) is 0 Å². The highest BCUT2D eigenvalue weighted by atomic mass is 16.5. The van der Waals surface area contributed by atoms with E-state index in [1.165, 1.54) is 17.5 Å². The minimum Gasteiger partial charge on any atom is -0.493 e. The molecule has 1 aliphatic rings. The number of ether oxygens (including phenoxy) is 2. The van der Waals surface area contributed by atoms with Crippen molar-refractivity contribution < 1.29 is 9.47 Å². The van der Waals surface area contributed by atoms with Crippen LogP contribution in [0.5, 0.6) is 11.5 Å². The number of benzene rings is 1. The molecule has 130 valence electrons. The van der Waals surface area contributed by atoms with Crippen molar-refractivity contribution in [3.05, 3.63) is 35.9 Å². The summed E-state index contributed by atoms with van der Waals surface area (Å²) in [6.07, 6.45) is 7.55. The third kappa shape index (κ3) is 2.86. The van der Waals surface area contributed by atoms with Crippen LogP contribution in [0, 0.1) is 0 Å². The second-order valence-electron chi connectivity index (χ2n) is 6.17. The largest absolute Gasteiger partial charge is 0.493 e. The first kappa shape index (κ1) is 15.7. The maximum Gasteiger partial charge on any atom is 0.182 e. The van der Waals surface area contributed by atoms with Crippen molar-refractivity contribution in [2.24, 2.45) is 0 Å². The first-order valence-corrected chi connectivity index (χ1v) is 8.45. The van der Waals surface area contributed by atoms with Gasteiger partial charge in [-0.2, -0.15) is 0 Å². The van der Waals surface area contributed by atoms with Gasteiger partial charge in [-0.1, -0.05) is 6.42 Å². The van der Waals surface area contributed by atoms with E-state index in [2.05, 4.69) is 37.4 Å². The summed E-state index contributed by atoms with van der Waals surface area (Å²) in [6, 6.07) is 4.33. The van der Waals surface area contributed by atoms with Crippen molar-refractivity contribution in [1.29, 1.82) is 0 Å². The molecule has 0 aliphatic heterocycles. The lowest BCUT2D eigenvalue weighted by molar-refractivity contribution is 0.354. The first-order valence-electron chi connectivity index (χ1n) is 8.45. The van der Waals surface area contributed by atoms with Gasteiger partial charge in [0, 0.05) is 0 Å². The molecule has 1 aromatic carbocycles. The predicted octanol–water partition coefficient (Wildman–Crippen LogP) is 3.25. The van der Waals surface area contributed by atoms with Gasteiger partial charge in [-0.05, 0) is 42.5 Å². The zero-order valence-corrected chi connectivity index (χ0v) is 14.4. The Hall–Kier alpha value is -2.83. The van der Waals surface area contributed by atoms with E-state index in [0.717, 1.165) is 48.5 Å². The van der Waals surface area contributed by atoms with Gasteiger partial charge in [0.05, 0.1) is 26.6 Å². The molecule has 1 atom stereocenters.